The standard InChI is InChI=1S/C36H40FN3O5S/c1-5-45-33-19-13-12-18-31(33)40(46(43,44)30-16-10-7-11-17-30)26-34(41)39(25-28-20-22-29(37)23-21-28)32(35(42)38-36(2,3)4)24-27-14-8-6-9-15-27/h6-23,32H,5,24-26H2,1-4H3,(H,38,42). The second kappa shape index (κ2) is 15.1. The van der Waals surface area contributed by atoms with Crippen molar-refractivity contribution in [3.05, 3.63) is 126 Å². The molecule has 4 aromatic carbocycles. The molecule has 0 fully saturated rings. The summed E-state index contributed by atoms with van der Waals surface area (Å²) in [5, 5.41) is 2.99. The number of amides is 2. The van der Waals surface area contributed by atoms with E-state index >= 15 is 0 Å². The van der Waals surface area contributed by atoms with E-state index in [1.807, 2.05) is 51.1 Å². The van der Waals surface area contributed by atoms with Gasteiger partial charge in [-0.3, -0.25) is 13.9 Å². The predicted octanol–water partition coefficient (Wildman–Crippen LogP) is 5.97. The number of ether oxygens (including phenoxy) is 1. The zero-order valence-electron chi connectivity index (χ0n) is 26.5. The molecular weight excluding hydrogens is 605 g/mol. The Balaban J connectivity index is 1.84. The van der Waals surface area contributed by atoms with Crippen molar-refractivity contribution < 1.29 is 27.1 Å². The quantitative estimate of drug-likeness (QED) is 0.193. The molecule has 0 saturated carbocycles. The third kappa shape index (κ3) is 8.94. The summed E-state index contributed by atoms with van der Waals surface area (Å²) in [7, 11) is -4.28. The van der Waals surface area contributed by atoms with Crippen molar-refractivity contribution in [3.63, 3.8) is 0 Å². The molecule has 1 unspecified atom stereocenters. The van der Waals surface area contributed by atoms with Crippen LogP contribution in [0.2, 0.25) is 0 Å². The van der Waals surface area contributed by atoms with Crippen LogP contribution in [0.5, 0.6) is 5.75 Å². The molecule has 0 radical (unpaired) electrons. The van der Waals surface area contributed by atoms with Crippen LogP contribution >= 0.6 is 0 Å². The first-order valence-electron chi connectivity index (χ1n) is 15.1. The molecule has 4 aromatic rings. The van der Waals surface area contributed by atoms with E-state index in [9.17, 15) is 22.4 Å². The van der Waals surface area contributed by atoms with E-state index in [2.05, 4.69) is 5.32 Å². The molecule has 0 aliphatic rings. The van der Waals surface area contributed by atoms with E-state index in [0.717, 1.165) is 9.87 Å². The first kappa shape index (κ1) is 34.2. The summed E-state index contributed by atoms with van der Waals surface area (Å²) < 4.78 is 49.1. The Morgan fingerprint density at radius 3 is 2.02 bits per heavy atom. The minimum atomic E-state index is -4.28. The van der Waals surface area contributed by atoms with Crippen molar-refractivity contribution in [1.29, 1.82) is 0 Å². The van der Waals surface area contributed by atoms with Gasteiger partial charge in [-0.15, -0.1) is 0 Å². The van der Waals surface area contributed by atoms with Crippen LogP contribution in [0, 0.1) is 5.82 Å². The van der Waals surface area contributed by atoms with Crippen molar-refractivity contribution in [1.82, 2.24) is 10.2 Å². The maximum Gasteiger partial charge on any atom is 0.264 e. The second-order valence-corrected chi connectivity index (χ2v) is 13.7. The number of nitrogens with one attached hydrogen (secondary N) is 1. The first-order chi connectivity index (χ1) is 21.9. The van der Waals surface area contributed by atoms with E-state index in [-0.39, 0.29) is 35.9 Å². The van der Waals surface area contributed by atoms with Gasteiger partial charge in [0.05, 0.1) is 17.2 Å². The molecule has 0 aliphatic heterocycles. The van der Waals surface area contributed by atoms with Crippen molar-refractivity contribution >= 4 is 27.5 Å². The van der Waals surface area contributed by atoms with Crippen LogP contribution in [0.4, 0.5) is 10.1 Å². The predicted molar refractivity (Wildman–Crippen MR) is 177 cm³/mol. The van der Waals surface area contributed by atoms with Crippen molar-refractivity contribution in [2.75, 3.05) is 17.5 Å². The molecule has 4 rings (SSSR count). The van der Waals surface area contributed by atoms with Crippen LogP contribution in [0.15, 0.2) is 114 Å². The molecule has 0 aromatic heterocycles. The molecule has 0 heterocycles. The number of hydrogen-bond donors (Lipinski definition) is 1. The average molecular weight is 646 g/mol. The van der Waals surface area contributed by atoms with Crippen LogP contribution in [-0.2, 0) is 32.6 Å². The topological polar surface area (TPSA) is 96.0 Å². The van der Waals surface area contributed by atoms with Gasteiger partial charge in [-0.1, -0.05) is 72.8 Å². The lowest BCUT2D eigenvalue weighted by Gasteiger charge is -2.35. The van der Waals surface area contributed by atoms with Gasteiger partial charge in [-0.2, -0.15) is 0 Å². The molecular formula is C36H40FN3O5S. The van der Waals surface area contributed by atoms with Crippen molar-refractivity contribution in [2.45, 2.75) is 57.1 Å². The van der Waals surface area contributed by atoms with E-state index < -0.39 is 45.8 Å². The normalized spacial score (nSPS) is 12.2. The van der Waals surface area contributed by atoms with Crippen LogP contribution in [-0.4, -0.2) is 49.9 Å². The summed E-state index contributed by atoms with van der Waals surface area (Å²) in [4.78, 5) is 29.9. The molecule has 2 amide bonds. The Kier molecular flexibility index (Phi) is 11.2. The molecule has 0 spiro atoms. The summed E-state index contributed by atoms with van der Waals surface area (Å²) in [6.07, 6.45) is 0.163. The molecule has 0 bridgehead atoms. The zero-order valence-corrected chi connectivity index (χ0v) is 27.3. The summed E-state index contributed by atoms with van der Waals surface area (Å²) >= 11 is 0. The maximum atomic E-state index is 14.6. The van der Waals surface area contributed by atoms with Gasteiger partial charge in [-0.05, 0) is 75.2 Å². The van der Waals surface area contributed by atoms with Gasteiger partial charge in [0.2, 0.25) is 11.8 Å². The van der Waals surface area contributed by atoms with Gasteiger partial charge in [0.25, 0.3) is 10.0 Å². The van der Waals surface area contributed by atoms with Crippen LogP contribution < -0.4 is 14.4 Å². The van der Waals surface area contributed by atoms with Crippen LogP contribution in [0.1, 0.15) is 38.8 Å². The van der Waals surface area contributed by atoms with Crippen molar-refractivity contribution in [2.24, 2.45) is 0 Å². The lowest BCUT2D eigenvalue weighted by molar-refractivity contribution is -0.140. The van der Waals surface area contributed by atoms with E-state index in [1.54, 1.807) is 61.5 Å². The van der Waals surface area contributed by atoms with E-state index in [0.29, 0.717) is 5.56 Å². The summed E-state index contributed by atoms with van der Waals surface area (Å²) in [5.74, 6) is -1.19. The molecule has 10 heteroatoms. The highest BCUT2D eigenvalue weighted by Gasteiger charge is 2.36. The number of halogens is 1. The van der Waals surface area contributed by atoms with Crippen LogP contribution in [0.3, 0.4) is 0 Å². The number of nitrogens with zero attached hydrogens (tertiary/aromatic N) is 2. The number of anilines is 1. The Bertz CT molecular complexity index is 1710. The molecule has 1 N–H and O–H groups in total. The highest BCUT2D eigenvalue weighted by molar-refractivity contribution is 7.92. The smallest absolute Gasteiger partial charge is 0.264 e. The van der Waals surface area contributed by atoms with Gasteiger partial charge in [-0.25, -0.2) is 12.8 Å². The van der Waals surface area contributed by atoms with Gasteiger partial charge in [0.1, 0.15) is 24.2 Å². The molecule has 46 heavy (non-hydrogen) atoms. The Morgan fingerprint density at radius 1 is 0.826 bits per heavy atom. The maximum absolute atomic E-state index is 14.6. The molecule has 0 aliphatic carbocycles. The van der Waals surface area contributed by atoms with Gasteiger partial charge in [0.15, 0.2) is 0 Å². The number of para-hydroxylation sites is 2. The lowest BCUT2D eigenvalue weighted by Crippen LogP contribution is -2.56. The monoisotopic (exact) mass is 645 g/mol. The zero-order chi connectivity index (χ0) is 33.3. The van der Waals surface area contributed by atoms with Gasteiger partial charge >= 0.3 is 0 Å². The van der Waals surface area contributed by atoms with Gasteiger partial charge in [0, 0.05) is 18.5 Å². The number of benzene rings is 4. The molecule has 1 atom stereocenters. The fourth-order valence-corrected chi connectivity index (χ4v) is 6.41. The number of hydrogen-bond acceptors (Lipinski definition) is 5. The number of carbonyl (C=O) groups is 2. The lowest BCUT2D eigenvalue weighted by atomic mass is 10.0. The SMILES string of the molecule is CCOc1ccccc1N(CC(=O)N(Cc1ccc(F)cc1)C(Cc1ccccc1)C(=O)NC(C)(C)C)S(=O)(=O)c1ccccc1. The Morgan fingerprint density at radius 2 is 1.41 bits per heavy atom. The third-order valence-corrected chi connectivity index (χ3v) is 8.85. The fraction of sp³-hybridized carbons (Fsp3) is 0.278. The summed E-state index contributed by atoms with van der Waals surface area (Å²) in [5.41, 5.74) is 0.949. The van der Waals surface area contributed by atoms with Gasteiger partial charge < -0.3 is 15.0 Å². The minimum absolute atomic E-state index is 0.00880. The largest absolute Gasteiger partial charge is 0.492 e. The highest BCUT2D eigenvalue weighted by Crippen LogP contribution is 2.33. The Hall–Kier alpha value is -4.70. The minimum Gasteiger partial charge on any atom is -0.492 e. The molecule has 242 valence electrons. The Labute approximate surface area is 270 Å². The first-order valence-corrected chi connectivity index (χ1v) is 16.5. The number of rotatable bonds is 13. The number of sulfonamides is 1. The summed E-state index contributed by atoms with van der Waals surface area (Å²) in [6.45, 7) is 6.88. The average Bonchev–Trinajstić information content (AvgIpc) is 3.03. The molecule has 0 saturated heterocycles. The molecule has 8 nitrogen and oxygen atoms in total. The van der Waals surface area contributed by atoms with E-state index in [1.165, 1.54) is 29.2 Å². The second-order valence-electron chi connectivity index (χ2n) is 11.8. The third-order valence-electron chi connectivity index (χ3n) is 7.08. The number of carbonyl (C=O) groups excluding carboxylic acids is 2. The van der Waals surface area contributed by atoms with Crippen LogP contribution in [0.25, 0.3) is 0 Å². The summed E-state index contributed by atoms with van der Waals surface area (Å²) in [6, 6.07) is 28.3. The highest BCUT2D eigenvalue weighted by atomic mass is 32.2. The van der Waals surface area contributed by atoms with Crippen molar-refractivity contribution in [3.8, 4) is 5.75 Å². The fourth-order valence-electron chi connectivity index (χ4n) is 4.97. The van der Waals surface area contributed by atoms with E-state index in [4.69, 9.17) is 4.74 Å².